The Bertz CT molecular complexity index is 1480. The highest BCUT2D eigenvalue weighted by atomic mass is 35.5. The molecule has 3 aromatic rings. The van der Waals surface area contributed by atoms with Crippen LogP contribution in [0, 0.1) is 11.3 Å². The number of ketones is 1. The number of nitriles is 1. The third-order valence-corrected chi connectivity index (χ3v) is 7.02. The number of Topliss-reactive ketones (excluding diaryl/α,β-unsaturated/α-hetero) is 1. The van der Waals surface area contributed by atoms with E-state index in [9.17, 15) is 14.9 Å². The first-order valence-electron chi connectivity index (χ1n) is 11.1. The summed E-state index contributed by atoms with van der Waals surface area (Å²) < 4.78 is 1.83. The lowest BCUT2D eigenvalue weighted by Crippen LogP contribution is -2.49. The van der Waals surface area contributed by atoms with Gasteiger partial charge in [-0.25, -0.2) is 0 Å². The molecule has 0 saturated heterocycles. The lowest BCUT2D eigenvalue weighted by Gasteiger charge is -2.44. The van der Waals surface area contributed by atoms with Gasteiger partial charge in [0.05, 0.1) is 5.57 Å². The van der Waals surface area contributed by atoms with Gasteiger partial charge in [-0.3, -0.25) is 14.5 Å². The van der Waals surface area contributed by atoms with E-state index in [2.05, 4.69) is 11.4 Å². The average molecular weight is 467 g/mol. The lowest BCUT2D eigenvalue weighted by atomic mass is 9.63. The number of hydrogen-bond acceptors (Lipinski definition) is 4. The molecule has 1 aliphatic carbocycles. The number of hydrogen-bond donors (Lipinski definition) is 1. The molecule has 3 heterocycles. The van der Waals surface area contributed by atoms with Gasteiger partial charge in [-0.1, -0.05) is 35.9 Å². The van der Waals surface area contributed by atoms with Crippen LogP contribution in [0.3, 0.4) is 0 Å². The zero-order valence-electron chi connectivity index (χ0n) is 18.1. The van der Waals surface area contributed by atoms with Crippen LogP contribution in [0.15, 0.2) is 89.9 Å². The van der Waals surface area contributed by atoms with E-state index in [1.54, 1.807) is 6.07 Å². The minimum absolute atomic E-state index is 0.112. The van der Waals surface area contributed by atoms with E-state index >= 15 is 0 Å². The zero-order chi connectivity index (χ0) is 23.4. The van der Waals surface area contributed by atoms with Crippen molar-refractivity contribution < 1.29 is 9.59 Å². The van der Waals surface area contributed by atoms with Gasteiger partial charge < -0.3 is 9.88 Å². The molecule has 1 N–H and O–H groups in total. The predicted octanol–water partition coefficient (Wildman–Crippen LogP) is 5.25. The molecule has 3 aliphatic rings. The van der Waals surface area contributed by atoms with Crippen LogP contribution in [0.4, 0.5) is 11.4 Å². The number of para-hydroxylation sites is 1. The first-order chi connectivity index (χ1) is 16.6. The molecule has 1 atom stereocenters. The van der Waals surface area contributed by atoms with Crippen LogP contribution in [-0.2, 0) is 15.0 Å². The van der Waals surface area contributed by atoms with Crippen molar-refractivity contribution in [2.45, 2.75) is 24.7 Å². The molecule has 1 amide bonds. The number of amides is 1. The van der Waals surface area contributed by atoms with Gasteiger partial charge in [0.1, 0.15) is 17.3 Å². The molecule has 2 aromatic carbocycles. The van der Waals surface area contributed by atoms with E-state index in [1.807, 2.05) is 76.5 Å². The second kappa shape index (κ2) is 7.47. The molecule has 1 unspecified atom stereocenters. The number of rotatable bonds is 2. The fourth-order valence-electron chi connectivity index (χ4n) is 5.51. The van der Waals surface area contributed by atoms with Gasteiger partial charge in [-0.2, -0.15) is 5.26 Å². The van der Waals surface area contributed by atoms with E-state index in [1.165, 1.54) is 0 Å². The fourth-order valence-corrected chi connectivity index (χ4v) is 5.69. The van der Waals surface area contributed by atoms with Crippen molar-refractivity contribution in [3.05, 3.63) is 100 Å². The van der Waals surface area contributed by atoms with Crippen LogP contribution in [0.1, 0.15) is 24.8 Å². The Hall–Kier alpha value is -4.08. The number of carbonyl (C=O) groups is 2. The normalized spacial score (nSPS) is 21.5. The Balaban J connectivity index is 1.79. The summed E-state index contributed by atoms with van der Waals surface area (Å²) in [4.78, 5) is 29.4. The van der Waals surface area contributed by atoms with Gasteiger partial charge >= 0.3 is 0 Å². The van der Waals surface area contributed by atoms with Crippen LogP contribution in [0.2, 0.25) is 5.02 Å². The largest absolute Gasteiger partial charge is 0.324 e. The van der Waals surface area contributed by atoms with E-state index in [0.717, 1.165) is 11.4 Å². The number of benzene rings is 2. The van der Waals surface area contributed by atoms with Gasteiger partial charge in [0.2, 0.25) is 5.91 Å². The molecule has 0 bridgehead atoms. The second-order valence-corrected chi connectivity index (χ2v) is 9.00. The quantitative estimate of drug-likeness (QED) is 0.559. The molecular formula is C27H19ClN4O2. The molecule has 7 heteroatoms. The molecule has 6 rings (SSSR count). The van der Waals surface area contributed by atoms with Crippen LogP contribution >= 0.6 is 11.6 Å². The van der Waals surface area contributed by atoms with Gasteiger partial charge in [0.25, 0.3) is 0 Å². The Morgan fingerprint density at radius 3 is 2.56 bits per heavy atom. The van der Waals surface area contributed by atoms with Gasteiger partial charge in [0.15, 0.2) is 5.78 Å². The van der Waals surface area contributed by atoms with Crippen molar-refractivity contribution in [3.63, 3.8) is 0 Å². The Labute approximate surface area is 201 Å². The SMILES string of the molecule is N#CC1=C(n2cccc2)N(c2cccc(Cl)c2)C2=C(C(=O)CCC2)C12C(=O)Nc1ccccc12. The first kappa shape index (κ1) is 20.5. The van der Waals surface area contributed by atoms with Crippen molar-refractivity contribution >= 4 is 40.5 Å². The summed E-state index contributed by atoms with van der Waals surface area (Å²) in [6.07, 6.45) is 5.26. The van der Waals surface area contributed by atoms with Gasteiger partial charge in [0, 0.05) is 52.0 Å². The second-order valence-electron chi connectivity index (χ2n) is 8.56. The number of nitrogens with zero attached hydrogens (tertiary/aromatic N) is 3. The number of aromatic nitrogens is 1. The maximum Gasteiger partial charge on any atom is 0.245 e. The molecule has 1 spiro atoms. The van der Waals surface area contributed by atoms with Crippen LogP contribution in [0.25, 0.3) is 5.82 Å². The van der Waals surface area contributed by atoms with Crippen molar-refractivity contribution in [2.24, 2.45) is 0 Å². The van der Waals surface area contributed by atoms with Crippen molar-refractivity contribution in [3.8, 4) is 6.07 Å². The first-order valence-corrected chi connectivity index (χ1v) is 11.5. The van der Waals surface area contributed by atoms with Crippen LogP contribution < -0.4 is 10.2 Å². The van der Waals surface area contributed by atoms with Crippen molar-refractivity contribution in [2.75, 3.05) is 10.2 Å². The maximum absolute atomic E-state index is 13.9. The summed E-state index contributed by atoms with van der Waals surface area (Å²) in [5.41, 5.74) is 1.80. The number of halogens is 1. The molecule has 34 heavy (non-hydrogen) atoms. The van der Waals surface area contributed by atoms with Crippen molar-refractivity contribution in [1.29, 1.82) is 5.26 Å². The molecule has 6 nitrogen and oxygen atoms in total. The molecule has 2 aliphatic heterocycles. The highest BCUT2D eigenvalue weighted by molar-refractivity contribution is 6.31. The number of allylic oxidation sites excluding steroid dienone is 1. The Morgan fingerprint density at radius 2 is 1.79 bits per heavy atom. The van der Waals surface area contributed by atoms with Gasteiger partial charge in [-0.05, 0) is 49.2 Å². The molecule has 0 radical (unpaired) electrons. The van der Waals surface area contributed by atoms with E-state index in [-0.39, 0.29) is 17.3 Å². The minimum atomic E-state index is -1.51. The van der Waals surface area contributed by atoms with Crippen LogP contribution in [-0.4, -0.2) is 16.3 Å². The summed E-state index contributed by atoms with van der Waals surface area (Å²) in [5.74, 6) is 0.0397. The highest BCUT2D eigenvalue weighted by Crippen LogP contribution is 2.56. The number of nitrogens with one attached hydrogen (secondary N) is 1. The smallest absolute Gasteiger partial charge is 0.245 e. The predicted molar refractivity (Wildman–Crippen MR) is 130 cm³/mol. The molecule has 166 valence electrons. The molecule has 0 fully saturated rings. The van der Waals surface area contributed by atoms with E-state index < -0.39 is 5.41 Å². The zero-order valence-corrected chi connectivity index (χ0v) is 18.8. The monoisotopic (exact) mass is 466 g/mol. The maximum atomic E-state index is 13.9. The summed E-state index contributed by atoms with van der Waals surface area (Å²) in [5, 5.41) is 14.1. The standard InChI is InChI=1S/C27H19ClN4O2/c28-17-7-5-8-18(15-17)32-22-11-6-12-23(33)24(22)27(19-9-1-2-10-21(19)30-26(27)34)20(16-29)25(32)31-13-3-4-14-31/h1-5,7-10,13-15H,6,11-12H2,(H,30,34). The highest BCUT2D eigenvalue weighted by Gasteiger charge is 2.60. The summed E-state index contributed by atoms with van der Waals surface area (Å²) in [7, 11) is 0. The average Bonchev–Trinajstić information content (AvgIpc) is 3.46. The van der Waals surface area contributed by atoms with Gasteiger partial charge in [-0.15, -0.1) is 0 Å². The number of fused-ring (bicyclic) bond motifs is 3. The summed E-state index contributed by atoms with van der Waals surface area (Å²) >= 11 is 6.36. The third kappa shape index (κ3) is 2.62. The number of carbonyl (C=O) groups excluding carboxylic acids is 2. The third-order valence-electron chi connectivity index (χ3n) is 6.79. The van der Waals surface area contributed by atoms with Crippen molar-refractivity contribution in [1.82, 2.24) is 4.57 Å². The topological polar surface area (TPSA) is 78.1 Å². The van der Waals surface area contributed by atoms with Crippen LogP contribution in [0.5, 0.6) is 0 Å². The summed E-state index contributed by atoms with van der Waals surface area (Å²) in [6.45, 7) is 0. The molecule has 0 saturated carbocycles. The minimum Gasteiger partial charge on any atom is -0.324 e. The Kier molecular flexibility index (Phi) is 4.51. The van der Waals surface area contributed by atoms with E-state index in [0.29, 0.717) is 46.9 Å². The molecular weight excluding hydrogens is 448 g/mol. The van der Waals surface area contributed by atoms with E-state index in [4.69, 9.17) is 11.6 Å². The lowest BCUT2D eigenvalue weighted by molar-refractivity contribution is -0.122. The summed E-state index contributed by atoms with van der Waals surface area (Å²) in [6, 6.07) is 20.7. The number of anilines is 2. The fraction of sp³-hybridized carbons (Fsp3) is 0.148. The Morgan fingerprint density at radius 1 is 1.00 bits per heavy atom. The molecule has 1 aromatic heterocycles.